The lowest BCUT2D eigenvalue weighted by Crippen LogP contribution is -2.25. The normalized spacial score (nSPS) is 15.8. The van der Waals surface area contributed by atoms with Gasteiger partial charge in [-0.2, -0.15) is 4.37 Å². The molecule has 22 heavy (non-hydrogen) atoms. The van der Waals surface area contributed by atoms with Crippen LogP contribution in [0, 0.1) is 0 Å². The van der Waals surface area contributed by atoms with Crippen molar-refractivity contribution in [1.82, 2.24) is 13.6 Å². The average Bonchev–Trinajstić information content (AvgIpc) is 2.98. The number of aromatic nitrogens is 2. The fourth-order valence-corrected chi connectivity index (χ4v) is 2.65. The molecule has 1 aromatic rings. The zero-order valence-corrected chi connectivity index (χ0v) is 13.7. The first-order valence-corrected chi connectivity index (χ1v) is 8.14. The van der Waals surface area contributed by atoms with E-state index in [2.05, 4.69) is 26.8 Å². The van der Waals surface area contributed by atoms with Crippen molar-refractivity contribution in [3.8, 4) is 5.88 Å². The summed E-state index contributed by atoms with van der Waals surface area (Å²) in [6, 6.07) is 0. The zero-order valence-electron chi connectivity index (χ0n) is 12.9. The molecule has 0 unspecified atom stereocenters. The van der Waals surface area contributed by atoms with Crippen LogP contribution in [0.3, 0.4) is 0 Å². The highest BCUT2D eigenvalue weighted by atomic mass is 32.1. The van der Waals surface area contributed by atoms with Crippen LogP contribution in [-0.2, 0) is 9.47 Å². The zero-order chi connectivity index (χ0) is 15.6. The summed E-state index contributed by atoms with van der Waals surface area (Å²) in [6.45, 7) is 4.19. The van der Waals surface area contributed by atoms with Gasteiger partial charge in [0, 0.05) is 13.1 Å². The molecule has 2 heterocycles. The molecule has 0 saturated heterocycles. The average molecular weight is 329 g/mol. The summed E-state index contributed by atoms with van der Waals surface area (Å²) in [5.41, 5.74) is 2.03. The van der Waals surface area contributed by atoms with Crippen LogP contribution in [0.25, 0.3) is 5.57 Å². The summed E-state index contributed by atoms with van der Waals surface area (Å²) in [5, 5.41) is 8.56. The van der Waals surface area contributed by atoms with Crippen molar-refractivity contribution in [2.45, 2.75) is 6.42 Å². The molecule has 1 aliphatic rings. The van der Waals surface area contributed by atoms with Gasteiger partial charge in [0.15, 0.2) is 0 Å². The molecule has 0 radical (unpaired) electrons. The molecular formula is C14H23N3O4S. The Morgan fingerprint density at radius 1 is 1.18 bits per heavy atom. The topological polar surface area (TPSA) is 76.9 Å². The molecule has 0 bridgehead atoms. The fourth-order valence-electron chi connectivity index (χ4n) is 2.12. The van der Waals surface area contributed by atoms with Gasteiger partial charge in [-0.1, -0.05) is 6.08 Å². The third-order valence-electron chi connectivity index (χ3n) is 3.18. The van der Waals surface area contributed by atoms with Crippen LogP contribution in [0.1, 0.15) is 12.1 Å². The van der Waals surface area contributed by atoms with Crippen LogP contribution in [0.5, 0.6) is 5.88 Å². The Labute approximate surface area is 134 Å². The molecule has 2 rings (SSSR count). The van der Waals surface area contributed by atoms with Crippen molar-refractivity contribution in [1.29, 1.82) is 0 Å². The third kappa shape index (κ3) is 5.62. The molecule has 0 aliphatic carbocycles. The number of hydrogen-bond acceptors (Lipinski definition) is 8. The summed E-state index contributed by atoms with van der Waals surface area (Å²) in [7, 11) is 2.10. The maximum atomic E-state index is 8.56. The minimum Gasteiger partial charge on any atom is -0.473 e. The Kier molecular flexibility index (Phi) is 7.75. The number of nitrogens with zero attached hydrogens (tertiary/aromatic N) is 3. The number of rotatable bonds is 10. The van der Waals surface area contributed by atoms with Gasteiger partial charge in [-0.3, -0.25) is 0 Å². The van der Waals surface area contributed by atoms with Gasteiger partial charge in [0.05, 0.1) is 44.8 Å². The lowest BCUT2D eigenvalue weighted by atomic mass is 10.1. The Bertz CT molecular complexity index is 467. The summed E-state index contributed by atoms with van der Waals surface area (Å²) in [5.74, 6) is 0.590. The van der Waals surface area contributed by atoms with Crippen molar-refractivity contribution >= 4 is 17.3 Å². The highest BCUT2D eigenvalue weighted by molar-refractivity contribution is 6.99. The molecule has 1 aliphatic heterocycles. The summed E-state index contributed by atoms with van der Waals surface area (Å²) < 4.78 is 24.7. The van der Waals surface area contributed by atoms with E-state index in [-0.39, 0.29) is 6.61 Å². The van der Waals surface area contributed by atoms with Gasteiger partial charge in [0.25, 0.3) is 5.88 Å². The second-order valence-electron chi connectivity index (χ2n) is 4.97. The Morgan fingerprint density at radius 2 is 1.95 bits per heavy atom. The molecular weight excluding hydrogens is 306 g/mol. The first-order chi connectivity index (χ1) is 10.8. The molecule has 0 atom stereocenters. The molecule has 1 aromatic heterocycles. The van der Waals surface area contributed by atoms with E-state index in [1.165, 1.54) is 17.3 Å². The van der Waals surface area contributed by atoms with Crippen LogP contribution >= 0.6 is 11.7 Å². The van der Waals surface area contributed by atoms with Crippen molar-refractivity contribution < 1.29 is 19.3 Å². The number of aliphatic hydroxyl groups is 1. The fraction of sp³-hybridized carbons (Fsp3) is 0.714. The van der Waals surface area contributed by atoms with E-state index in [1.807, 2.05) is 0 Å². The van der Waals surface area contributed by atoms with E-state index in [0.717, 1.165) is 25.2 Å². The quantitative estimate of drug-likeness (QED) is 0.632. The number of hydrogen-bond donors (Lipinski definition) is 1. The number of ether oxygens (including phenoxy) is 3. The lowest BCUT2D eigenvalue weighted by Gasteiger charge is -2.22. The molecule has 8 heteroatoms. The molecule has 1 N–H and O–H groups in total. The molecule has 7 nitrogen and oxygen atoms in total. The first-order valence-electron chi connectivity index (χ1n) is 7.41. The molecule has 0 fully saturated rings. The second-order valence-corrected chi connectivity index (χ2v) is 5.50. The van der Waals surface area contributed by atoms with E-state index in [9.17, 15) is 0 Å². The predicted molar refractivity (Wildman–Crippen MR) is 84.2 cm³/mol. The standard InChI is InChI=1S/C14H23N3O4S/c1-17-4-2-3-12(11-17)13-14(16-22-15-13)21-10-9-20-8-7-19-6-5-18/h3,18H,2,4-11H2,1H3. The smallest absolute Gasteiger partial charge is 0.253 e. The highest BCUT2D eigenvalue weighted by Crippen LogP contribution is 2.26. The van der Waals surface area contributed by atoms with Gasteiger partial charge < -0.3 is 24.2 Å². The number of likely N-dealkylation sites (N-methyl/N-ethyl adjacent to an activating group) is 1. The van der Waals surface area contributed by atoms with Crippen LogP contribution in [0.2, 0.25) is 0 Å². The van der Waals surface area contributed by atoms with Gasteiger partial charge in [-0.15, -0.1) is 4.37 Å². The van der Waals surface area contributed by atoms with Crippen LogP contribution in [0.4, 0.5) is 0 Å². The third-order valence-corrected chi connectivity index (χ3v) is 3.69. The van der Waals surface area contributed by atoms with Crippen molar-refractivity contribution in [2.24, 2.45) is 0 Å². The second kappa shape index (κ2) is 9.86. The minimum absolute atomic E-state index is 0.0355. The van der Waals surface area contributed by atoms with Gasteiger partial charge in [0.1, 0.15) is 12.3 Å². The molecule has 0 amide bonds. The van der Waals surface area contributed by atoms with Crippen LogP contribution < -0.4 is 4.74 Å². The van der Waals surface area contributed by atoms with Crippen molar-refractivity contribution in [2.75, 3.05) is 59.8 Å². The molecule has 124 valence electrons. The monoisotopic (exact) mass is 329 g/mol. The Morgan fingerprint density at radius 3 is 2.73 bits per heavy atom. The minimum atomic E-state index is 0.0355. The summed E-state index contributed by atoms with van der Waals surface area (Å²) in [6.07, 6.45) is 3.23. The van der Waals surface area contributed by atoms with Crippen LogP contribution in [0.15, 0.2) is 6.08 Å². The Balaban J connectivity index is 1.69. The molecule has 0 aromatic carbocycles. The van der Waals surface area contributed by atoms with Gasteiger partial charge >= 0.3 is 0 Å². The van der Waals surface area contributed by atoms with Gasteiger partial charge in [-0.05, 0) is 19.0 Å². The van der Waals surface area contributed by atoms with Crippen LogP contribution in [-0.4, -0.2) is 78.5 Å². The van der Waals surface area contributed by atoms with E-state index < -0.39 is 0 Å². The Hall–Kier alpha value is -1.06. The van der Waals surface area contributed by atoms with Gasteiger partial charge in [0.2, 0.25) is 0 Å². The predicted octanol–water partition coefficient (Wildman–Crippen LogP) is 0.661. The lowest BCUT2D eigenvalue weighted by molar-refractivity contribution is 0.0244. The van der Waals surface area contributed by atoms with Crippen molar-refractivity contribution in [3.63, 3.8) is 0 Å². The van der Waals surface area contributed by atoms with E-state index in [0.29, 0.717) is 38.9 Å². The molecule has 0 spiro atoms. The maximum absolute atomic E-state index is 8.56. The first kappa shape index (κ1) is 17.3. The SMILES string of the molecule is CN1CCC=C(c2nsnc2OCCOCCOCCO)C1. The maximum Gasteiger partial charge on any atom is 0.253 e. The summed E-state index contributed by atoms with van der Waals surface area (Å²) in [4.78, 5) is 2.26. The largest absolute Gasteiger partial charge is 0.473 e. The van der Waals surface area contributed by atoms with E-state index >= 15 is 0 Å². The molecule has 0 saturated carbocycles. The summed E-state index contributed by atoms with van der Waals surface area (Å²) >= 11 is 1.17. The van der Waals surface area contributed by atoms with Gasteiger partial charge in [-0.25, -0.2) is 0 Å². The highest BCUT2D eigenvalue weighted by Gasteiger charge is 2.18. The number of aliphatic hydroxyl groups excluding tert-OH is 1. The van der Waals surface area contributed by atoms with Crippen molar-refractivity contribution in [3.05, 3.63) is 11.8 Å². The van der Waals surface area contributed by atoms with E-state index in [1.54, 1.807) is 0 Å². The van der Waals surface area contributed by atoms with E-state index in [4.69, 9.17) is 19.3 Å².